The van der Waals surface area contributed by atoms with E-state index in [2.05, 4.69) is 16.0 Å². The summed E-state index contributed by atoms with van der Waals surface area (Å²) < 4.78 is 0. The molecule has 4 N–H and O–H groups in total. The van der Waals surface area contributed by atoms with Crippen molar-refractivity contribution >= 4 is 35.8 Å². The number of amides is 2. The Bertz CT molecular complexity index is 917. The minimum Gasteiger partial charge on any atom is -0.508 e. The Balaban J connectivity index is 0.00000320. The van der Waals surface area contributed by atoms with Gasteiger partial charge in [-0.15, -0.1) is 12.4 Å². The van der Waals surface area contributed by atoms with Gasteiger partial charge in [0.1, 0.15) is 5.75 Å². The number of nitrogens with one attached hydrogen (secondary N) is 3. The van der Waals surface area contributed by atoms with E-state index < -0.39 is 0 Å². The maximum absolute atomic E-state index is 12.8. The highest BCUT2D eigenvalue weighted by atomic mass is 35.5. The van der Waals surface area contributed by atoms with E-state index in [0.29, 0.717) is 31.1 Å². The zero-order valence-electron chi connectivity index (χ0n) is 17.0. The van der Waals surface area contributed by atoms with Crippen LogP contribution in [0.25, 0.3) is 0 Å². The topological polar surface area (TPSA) is 90.5 Å². The monoisotopic (exact) mass is 451 g/mol. The molecule has 1 aliphatic heterocycles. The molecule has 0 spiro atoms. The van der Waals surface area contributed by atoms with Crippen LogP contribution in [0.5, 0.6) is 5.75 Å². The summed E-state index contributed by atoms with van der Waals surface area (Å²) in [5.41, 5.74) is 3.32. The minimum atomic E-state index is -0.347. The fraction of sp³-hybridized carbons (Fsp3) is 0.364. The summed E-state index contributed by atoms with van der Waals surface area (Å²) in [6.45, 7) is 5.94. The van der Waals surface area contributed by atoms with Crippen molar-refractivity contribution in [3.05, 3.63) is 63.2 Å². The number of hydrogen-bond acceptors (Lipinski definition) is 4. The Kier molecular flexibility index (Phi) is 8.53. The Morgan fingerprint density at radius 2 is 1.77 bits per heavy atom. The fourth-order valence-corrected chi connectivity index (χ4v) is 4.15. The Labute approximate surface area is 187 Å². The van der Waals surface area contributed by atoms with E-state index in [1.54, 1.807) is 18.2 Å². The predicted octanol–water partition coefficient (Wildman–Crippen LogP) is 3.24. The normalized spacial score (nSPS) is 15.4. The lowest BCUT2D eigenvalue weighted by Crippen LogP contribution is -2.30. The summed E-state index contributed by atoms with van der Waals surface area (Å²) in [7, 11) is 0. The lowest BCUT2D eigenvalue weighted by atomic mass is 9.85. The van der Waals surface area contributed by atoms with Gasteiger partial charge in [0.05, 0.1) is 16.1 Å². The van der Waals surface area contributed by atoms with Gasteiger partial charge >= 0.3 is 0 Å². The average molecular weight is 452 g/mol. The van der Waals surface area contributed by atoms with Crippen LogP contribution < -0.4 is 16.0 Å². The second-order valence-electron chi connectivity index (χ2n) is 7.00. The third-order valence-electron chi connectivity index (χ3n) is 5.12. The maximum atomic E-state index is 12.8. The zero-order chi connectivity index (χ0) is 21.0. The largest absolute Gasteiger partial charge is 0.508 e. The molecule has 1 unspecified atom stereocenters. The van der Waals surface area contributed by atoms with Crippen LogP contribution in [0, 0.1) is 0 Å². The molecule has 0 saturated heterocycles. The molecule has 0 radical (unpaired) electrons. The SMILES string of the molecule is CCNC(=O)c1cc2c(c(Cl)c1C(=O)NCC)CCNCC2c1ccc(O)cc1.Cl. The van der Waals surface area contributed by atoms with Crippen LogP contribution in [-0.4, -0.2) is 43.1 Å². The summed E-state index contributed by atoms with van der Waals surface area (Å²) in [6.07, 6.45) is 0.658. The summed E-state index contributed by atoms with van der Waals surface area (Å²) in [5.74, 6) is -0.523. The van der Waals surface area contributed by atoms with Crippen LogP contribution >= 0.6 is 24.0 Å². The van der Waals surface area contributed by atoms with Gasteiger partial charge in [0.2, 0.25) is 0 Å². The highest BCUT2D eigenvalue weighted by molar-refractivity contribution is 6.35. The van der Waals surface area contributed by atoms with Crippen molar-refractivity contribution in [2.75, 3.05) is 26.2 Å². The minimum absolute atomic E-state index is 0. The highest BCUT2D eigenvalue weighted by Gasteiger charge is 2.29. The molecule has 30 heavy (non-hydrogen) atoms. The molecule has 1 atom stereocenters. The number of hydrogen-bond donors (Lipinski definition) is 4. The molecule has 0 bridgehead atoms. The summed E-state index contributed by atoms with van der Waals surface area (Å²) in [6, 6.07) is 8.84. The number of phenolic OH excluding ortho intramolecular Hbond substituents is 1. The number of phenols is 1. The number of halogens is 2. The van der Waals surface area contributed by atoms with Gasteiger partial charge in [-0.3, -0.25) is 9.59 Å². The second kappa shape index (κ2) is 10.7. The van der Waals surface area contributed by atoms with E-state index in [9.17, 15) is 14.7 Å². The number of fused-ring (bicyclic) bond motifs is 1. The lowest BCUT2D eigenvalue weighted by Gasteiger charge is -2.22. The van der Waals surface area contributed by atoms with E-state index in [4.69, 9.17) is 11.6 Å². The van der Waals surface area contributed by atoms with Gasteiger partial charge in [-0.05, 0) is 61.7 Å². The molecule has 1 aliphatic rings. The number of aromatic hydroxyl groups is 1. The molecule has 2 amide bonds. The Hall–Kier alpha value is -2.28. The first-order valence-electron chi connectivity index (χ1n) is 9.89. The van der Waals surface area contributed by atoms with Crippen LogP contribution in [0.15, 0.2) is 30.3 Å². The fourth-order valence-electron chi connectivity index (χ4n) is 3.76. The van der Waals surface area contributed by atoms with Crippen molar-refractivity contribution in [2.45, 2.75) is 26.2 Å². The molecule has 1 heterocycles. The van der Waals surface area contributed by atoms with Crippen molar-refractivity contribution in [3.8, 4) is 5.75 Å². The molecular formula is C22H27Cl2N3O3. The van der Waals surface area contributed by atoms with Crippen molar-refractivity contribution in [3.63, 3.8) is 0 Å². The van der Waals surface area contributed by atoms with Crippen LogP contribution in [-0.2, 0) is 6.42 Å². The van der Waals surface area contributed by atoms with E-state index in [-0.39, 0.29) is 47.0 Å². The van der Waals surface area contributed by atoms with Crippen molar-refractivity contribution in [2.24, 2.45) is 0 Å². The van der Waals surface area contributed by atoms with Gasteiger partial charge in [0, 0.05) is 25.6 Å². The number of benzene rings is 2. The molecule has 6 nitrogen and oxygen atoms in total. The van der Waals surface area contributed by atoms with Gasteiger partial charge in [-0.25, -0.2) is 0 Å². The van der Waals surface area contributed by atoms with Crippen LogP contribution in [0.2, 0.25) is 5.02 Å². The van der Waals surface area contributed by atoms with E-state index >= 15 is 0 Å². The van der Waals surface area contributed by atoms with Gasteiger partial charge in [-0.1, -0.05) is 23.7 Å². The van der Waals surface area contributed by atoms with Gasteiger partial charge in [-0.2, -0.15) is 0 Å². The first-order chi connectivity index (χ1) is 14.0. The highest BCUT2D eigenvalue weighted by Crippen LogP contribution is 2.37. The van der Waals surface area contributed by atoms with Crippen LogP contribution in [0.3, 0.4) is 0 Å². The molecule has 162 valence electrons. The van der Waals surface area contributed by atoms with E-state index in [1.807, 2.05) is 26.0 Å². The number of carbonyl (C=O) groups is 2. The molecule has 2 aromatic rings. The van der Waals surface area contributed by atoms with Gasteiger partial charge < -0.3 is 21.1 Å². The number of rotatable bonds is 5. The molecule has 0 saturated carbocycles. The smallest absolute Gasteiger partial charge is 0.253 e. The zero-order valence-corrected chi connectivity index (χ0v) is 18.6. The van der Waals surface area contributed by atoms with E-state index in [1.165, 1.54) is 0 Å². The number of carbonyl (C=O) groups excluding carboxylic acids is 2. The quantitative estimate of drug-likeness (QED) is 0.561. The summed E-state index contributed by atoms with van der Waals surface area (Å²) in [4.78, 5) is 25.5. The van der Waals surface area contributed by atoms with Crippen LogP contribution in [0.1, 0.15) is 57.2 Å². The lowest BCUT2D eigenvalue weighted by molar-refractivity contribution is 0.0921. The third kappa shape index (κ3) is 4.89. The first-order valence-corrected chi connectivity index (χ1v) is 10.3. The average Bonchev–Trinajstić information content (AvgIpc) is 2.91. The third-order valence-corrected chi connectivity index (χ3v) is 5.54. The molecule has 0 fully saturated rings. The van der Waals surface area contributed by atoms with E-state index in [0.717, 1.165) is 23.2 Å². The second-order valence-corrected chi connectivity index (χ2v) is 7.38. The Morgan fingerprint density at radius 1 is 1.13 bits per heavy atom. The van der Waals surface area contributed by atoms with Gasteiger partial charge in [0.25, 0.3) is 11.8 Å². The summed E-state index contributed by atoms with van der Waals surface area (Å²) in [5, 5.41) is 18.9. The molecular weight excluding hydrogens is 425 g/mol. The van der Waals surface area contributed by atoms with Crippen molar-refractivity contribution in [1.82, 2.24) is 16.0 Å². The molecule has 3 rings (SSSR count). The maximum Gasteiger partial charge on any atom is 0.253 e. The molecule has 0 aliphatic carbocycles. The predicted molar refractivity (Wildman–Crippen MR) is 121 cm³/mol. The Morgan fingerprint density at radius 3 is 2.40 bits per heavy atom. The molecule has 8 heteroatoms. The summed E-state index contributed by atoms with van der Waals surface area (Å²) >= 11 is 6.75. The molecule has 2 aromatic carbocycles. The standard InChI is InChI=1S/C22H26ClN3O3.ClH/c1-3-25-21(28)17-11-16-15(20(23)19(17)22(29)26-4-2)9-10-24-12-18(16)13-5-7-14(27)8-6-13;/h5-8,11,18,24,27H,3-4,9-10,12H2,1-2H3,(H,25,28)(H,26,29);1H. The van der Waals surface area contributed by atoms with Gasteiger partial charge in [0.15, 0.2) is 0 Å². The molecule has 0 aromatic heterocycles. The van der Waals surface area contributed by atoms with Crippen LogP contribution in [0.4, 0.5) is 0 Å². The van der Waals surface area contributed by atoms with Crippen molar-refractivity contribution < 1.29 is 14.7 Å². The van der Waals surface area contributed by atoms with Crippen molar-refractivity contribution in [1.29, 1.82) is 0 Å². The first kappa shape index (κ1) is 24.0.